The number of aliphatic hydroxyl groups excluding tert-OH is 1. The summed E-state index contributed by atoms with van der Waals surface area (Å²) < 4.78 is 0. The molecule has 0 atom stereocenters. The number of benzene rings is 2. The van der Waals surface area contributed by atoms with Gasteiger partial charge in [-0.3, -0.25) is 4.84 Å². The van der Waals surface area contributed by atoms with Crippen LogP contribution < -0.4 is 0 Å². The average Bonchev–Trinajstić information content (AvgIpc) is 2.54. The fraction of sp³-hybridized carbons (Fsp3) is 0.455. The highest BCUT2D eigenvalue weighted by Crippen LogP contribution is 2.41. The summed E-state index contributed by atoms with van der Waals surface area (Å²) in [4.78, 5) is 6.66. The molecule has 1 aliphatic rings. The molecule has 0 saturated carbocycles. The maximum atomic E-state index is 10.3. The van der Waals surface area contributed by atoms with Crippen LogP contribution in [0.5, 0.6) is 0 Å². The Bertz CT molecular complexity index is 624. The molecule has 0 aromatic heterocycles. The van der Waals surface area contributed by atoms with Crippen LogP contribution in [0.3, 0.4) is 0 Å². The maximum Gasteiger partial charge on any atom is 0.129 e. The number of hydrogen-bond acceptors (Lipinski definition) is 3. The number of rotatable bonds is 4. The molecule has 3 rings (SSSR count). The molecule has 1 heterocycles. The molecule has 3 heteroatoms. The van der Waals surface area contributed by atoms with Crippen LogP contribution in [0.4, 0.5) is 0 Å². The lowest BCUT2D eigenvalue weighted by Crippen LogP contribution is -2.61. The third-order valence-electron chi connectivity index (χ3n) is 4.99. The lowest BCUT2D eigenvalue weighted by molar-refractivity contribution is -0.309. The first-order valence-corrected chi connectivity index (χ1v) is 9.05. The fourth-order valence-electron chi connectivity index (χ4n) is 4.17. The predicted molar refractivity (Wildman–Crippen MR) is 101 cm³/mol. The topological polar surface area (TPSA) is 32.7 Å². The van der Waals surface area contributed by atoms with E-state index in [-0.39, 0.29) is 23.3 Å². The van der Waals surface area contributed by atoms with Crippen LogP contribution in [0.2, 0.25) is 0 Å². The standard InChI is InChI=1S/C22H29NO2/c1-21(2)15-19(24)16-22(3,4)23(21)25-20(17-11-7-5-8-12-17)18-13-9-6-10-14-18/h5-14,19-20,24H,15-16H2,1-4H3. The minimum absolute atomic E-state index is 0.170. The van der Waals surface area contributed by atoms with Gasteiger partial charge in [-0.1, -0.05) is 60.7 Å². The minimum Gasteiger partial charge on any atom is -0.393 e. The summed E-state index contributed by atoms with van der Waals surface area (Å²) in [5.74, 6) is 0. The molecule has 0 spiro atoms. The van der Waals surface area contributed by atoms with Gasteiger partial charge in [0.15, 0.2) is 0 Å². The quantitative estimate of drug-likeness (QED) is 0.875. The maximum absolute atomic E-state index is 10.3. The Morgan fingerprint density at radius 2 is 1.24 bits per heavy atom. The average molecular weight is 339 g/mol. The molecule has 0 aliphatic carbocycles. The Morgan fingerprint density at radius 1 is 0.840 bits per heavy atom. The highest BCUT2D eigenvalue weighted by atomic mass is 16.7. The number of aliphatic hydroxyl groups is 1. The summed E-state index contributed by atoms with van der Waals surface area (Å²) >= 11 is 0. The molecule has 2 aromatic carbocycles. The van der Waals surface area contributed by atoms with Crippen LogP contribution in [0.15, 0.2) is 60.7 Å². The van der Waals surface area contributed by atoms with E-state index < -0.39 is 0 Å². The summed E-state index contributed by atoms with van der Waals surface area (Å²) in [6.45, 7) is 8.57. The van der Waals surface area contributed by atoms with E-state index in [9.17, 15) is 5.11 Å². The molecule has 1 aliphatic heterocycles. The molecule has 0 unspecified atom stereocenters. The summed E-state index contributed by atoms with van der Waals surface area (Å²) in [5.41, 5.74) is 1.77. The highest BCUT2D eigenvalue weighted by Gasteiger charge is 2.47. The van der Waals surface area contributed by atoms with Crippen molar-refractivity contribution in [2.75, 3.05) is 0 Å². The van der Waals surface area contributed by atoms with E-state index in [0.29, 0.717) is 12.8 Å². The third-order valence-corrected chi connectivity index (χ3v) is 4.99. The number of nitrogens with zero attached hydrogens (tertiary/aromatic N) is 1. The van der Waals surface area contributed by atoms with Crippen LogP contribution in [0, 0.1) is 0 Å². The minimum atomic E-state index is -0.295. The number of piperidine rings is 1. The van der Waals surface area contributed by atoms with Crippen molar-refractivity contribution in [1.82, 2.24) is 5.06 Å². The van der Waals surface area contributed by atoms with Gasteiger partial charge >= 0.3 is 0 Å². The van der Waals surface area contributed by atoms with Crippen LogP contribution in [-0.2, 0) is 4.84 Å². The van der Waals surface area contributed by atoms with Crippen LogP contribution >= 0.6 is 0 Å². The number of hydroxylamine groups is 2. The Kier molecular flexibility index (Phi) is 5.01. The van der Waals surface area contributed by atoms with Crippen molar-refractivity contribution in [3.63, 3.8) is 0 Å². The summed E-state index contributed by atoms with van der Waals surface area (Å²) in [6.07, 6.45) is 0.937. The van der Waals surface area contributed by atoms with Crippen molar-refractivity contribution in [2.45, 2.75) is 63.8 Å². The molecule has 1 N–H and O–H groups in total. The van der Waals surface area contributed by atoms with Gasteiger partial charge in [-0.05, 0) is 51.7 Å². The molecule has 0 amide bonds. The second-order valence-corrected chi connectivity index (χ2v) is 8.29. The zero-order valence-corrected chi connectivity index (χ0v) is 15.6. The van der Waals surface area contributed by atoms with E-state index in [0.717, 1.165) is 11.1 Å². The van der Waals surface area contributed by atoms with Crippen molar-refractivity contribution >= 4 is 0 Å². The SMILES string of the molecule is CC1(C)CC(O)CC(C)(C)N1OC(c1ccccc1)c1ccccc1. The molecule has 3 nitrogen and oxygen atoms in total. The molecule has 0 bridgehead atoms. The van der Waals surface area contributed by atoms with E-state index in [1.807, 2.05) is 36.4 Å². The fourth-order valence-corrected chi connectivity index (χ4v) is 4.17. The van der Waals surface area contributed by atoms with Gasteiger partial charge in [0.2, 0.25) is 0 Å². The summed E-state index contributed by atoms with van der Waals surface area (Å²) in [5, 5.41) is 12.4. The van der Waals surface area contributed by atoms with E-state index in [1.165, 1.54) is 0 Å². The van der Waals surface area contributed by atoms with E-state index in [2.05, 4.69) is 57.0 Å². The smallest absolute Gasteiger partial charge is 0.129 e. The van der Waals surface area contributed by atoms with Crippen LogP contribution in [-0.4, -0.2) is 27.4 Å². The first kappa shape index (κ1) is 18.1. The molecular weight excluding hydrogens is 310 g/mol. The van der Waals surface area contributed by atoms with Crippen LogP contribution in [0.25, 0.3) is 0 Å². The van der Waals surface area contributed by atoms with Gasteiger partial charge in [-0.2, -0.15) is 5.06 Å². The first-order chi connectivity index (χ1) is 11.8. The van der Waals surface area contributed by atoms with Crippen molar-refractivity contribution in [3.8, 4) is 0 Å². The Morgan fingerprint density at radius 3 is 1.64 bits per heavy atom. The third kappa shape index (κ3) is 3.95. The second-order valence-electron chi connectivity index (χ2n) is 8.29. The molecule has 1 saturated heterocycles. The van der Waals surface area contributed by atoms with E-state index >= 15 is 0 Å². The molecule has 0 radical (unpaired) electrons. The van der Waals surface area contributed by atoms with Gasteiger partial charge in [-0.15, -0.1) is 0 Å². The summed E-state index contributed by atoms with van der Waals surface area (Å²) in [7, 11) is 0. The van der Waals surface area contributed by atoms with E-state index in [1.54, 1.807) is 0 Å². The zero-order chi connectivity index (χ0) is 18.1. The second kappa shape index (κ2) is 6.91. The van der Waals surface area contributed by atoms with E-state index in [4.69, 9.17) is 4.84 Å². The first-order valence-electron chi connectivity index (χ1n) is 9.05. The van der Waals surface area contributed by atoms with Gasteiger partial charge in [0, 0.05) is 11.1 Å². The van der Waals surface area contributed by atoms with Gasteiger partial charge in [0.1, 0.15) is 6.10 Å². The van der Waals surface area contributed by atoms with Crippen LogP contribution in [0.1, 0.15) is 57.8 Å². The molecule has 2 aromatic rings. The highest BCUT2D eigenvalue weighted by molar-refractivity contribution is 5.30. The lowest BCUT2D eigenvalue weighted by Gasteiger charge is -2.53. The Labute approximate surface area is 151 Å². The summed E-state index contributed by atoms with van der Waals surface area (Å²) in [6, 6.07) is 20.7. The molecule has 1 fully saturated rings. The largest absolute Gasteiger partial charge is 0.393 e. The van der Waals surface area contributed by atoms with Crippen molar-refractivity contribution in [2.24, 2.45) is 0 Å². The Balaban J connectivity index is 1.97. The number of hydrogen-bond donors (Lipinski definition) is 1. The monoisotopic (exact) mass is 339 g/mol. The van der Waals surface area contributed by atoms with Gasteiger partial charge in [-0.25, -0.2) is 0 Å². The van der Waals surface area contributed by atoms with Crippen molar-refractivity contribution in [1.29, 1.82) is 0 Å². The van der Waals surface area contributed by atoms with Crippen molar-refractivity contribution < 1.29 is 9.94 Å². The lowest BCUT2D eigenvalue weighted by atomic mass is 9.80. The molecular formula is C22H29NO2. The van der Waals surface area contributed by atoms with Crippen molar-refractivity contribution in [3.05, 3.63) is 71.8 Å². The van der Waals surface area contributed by atoms with Gasteiger partial charge in [0.25, 0.3) is 0 Å². The predicted octanol–water partition coefficient (Wildman–Crippen LogP) is 4.72. The Hall–Kier alpha value is -1.68. The van der Waals surface area contributed by atoms with Gasteiger partial charge < -0.3 is 5.11 Å². The molecule has 134 valence electrons. The molecule has 25 heavy (non-hydrogen) atoms. The zero-order valence-electron chi connectivity index (χ0n) is 15.6. The normalized spacial score (nSPS) is 20.7. The van der Waals surface area contributed by atoms with Gasteiger partial charge in [0.05, 0.1) is 6.10 Å².